The molecule has 25 heavy (non-hydrogen) atoms. The van der Waals surface area contributed by atoms with Crippen molar-refractivity contribution in [2.24, 2.45) is 5.92 Å². The third-order valence-corrected chi connectivity index (χ3v) is 4.65. The van der Waals surface area contributed by atoms with Crippen molar-refractivity contribution in [3.05, 3.63) is 46.8 Å². The third-order valence-electron chi connectivity index (χ3n) is 3.65. The number of halogens is 2. The first-order valence-electron chi connectivity index (χ1n) is 7.74. The molecule has 0 saturated heterocycles. The number of amides is 2. The van der Waals surface area contributed by atoms with Gasteiger partial charge < -0.3 is 15.4 Å². The zero-order valence-corrected chi connectivity index (χ0v) is 13.9. The van der Waals surface area contributed by atoms with Crippen LogP contribution in [0.25, 0.3) is 0 Å². The lowest BCUT2D eigenvalue weighted by molar-refractivity contribution is -0.117. The number of ether oxygens (including phenoxy) is 1. The Hall–Kier alpha value is -2.48. The summed E-state index contributed by atoms with van der Waals surface area (Å²) in [5.41, 5.74) is 0.454. The van der Waals surface area contributed by atoms with E-state index in [0.29, 0.717) is 15.4 Å². The van der Waals surface area contributed by atoms with E-state index in [-0.39, 0.29) is 30.0 Å². The number of alkyl halides is 2. The van der Waals surface area contributed by atoms with E-state index in [4.69, 9.17) is 0 Å². The number of hydrogen-bond donors (Lipinski definition) is 2. The third kappa shape index (κ3) is 4.76. The average molecular weight is 366 g/mol. The van der Waals surface area contributed by atoms with Gasteiger partial charge in [0.2, 0.25) is 5.91 Å². The Bertz CT molecular complexity index is 775. The minimum atomic E-state index is -2.92. The van der Waals surface area contributed by atoms with Crippen molar-refractivity contribution in [1.29, 1.82) is 0 Å². The Balaban J connectivity index is 1.57. The van der Waals surface area contributed by atoms with Crippen LogP contribution in [0.2, 0.25) is 0 Å². The summed E-state index contributed by atoms with van der Waals surface area (Å²) in [5, 5.41) is 6.06. The smallest absolute Gasteiger partial charge is 0.387 e. The summed E-state index contributed by atoms with van der Waals surface area (Å²) in [6.07, 6.45) is 1.81. The van der Waals surface area contributed by atoms with E-state index in [0.717, 1.165) is 12.8 Å². The maximum Gasteiger partial charge on any atom is 0.387 e. The van der Waals surface area contributed by atoms with Crippen LogP contribution in [0.5, 0.6) is 5.75 Å². The lowest BCUT2D eigenvalue weighted by Gasteiger charge is -2.11. The molecule has 1 aliphatic rings. The molecular weight excluding hydrogens is 350 g/mol. The second kappa shape index (κ2) is 7.60. The number of carbonyl (C=O) groups excluding carboxylic acids is 2. The molecule has 2 amide bonds. The summed E-state index contributed by atoms with van der Waals surface area (Å²) in [5.74, 6) is -0.247. The molecule has 0 aliphatic heterocycles. The number of carbonyl (C=O) groups is 2. The van der Waals surface area contributed by atoms with E-state index in [1.807, 2.05) is 0 Å². The van der Waals surface area contributed by atoms with Crippen molar-refractivity contribution in [2.45, 2.75) is 26.0 Å². The molecule has 0 radical (unpaired) electrons. The van der Waals surface area contributed by atoms with Gasteiger partial charge in [-0.15, -0.1) is 11.3 Å². The molecule has 1 saturated carbocycles. The second-order valence-corrected chi connectivity index (χ2v) is 6.68. The maximum absolute atomic E-state index is 12.4. The number of rotatable bonds is 7. The summed E-state index contributed by atoms with van der Waals surface area (Å²) in [6.45, 7) is -2.87. The van der Waals surface area contributed by atoms with E-state index in [9.17, 15) is 18.4 Å². The highest BCUT2D eigenvalue weighted by atomic mass is 32.1. The molecule has 1 fully saturated rings. The molecule has 0 atom stereocenters. The fourth-order valence-corrected chi connectivity index (χ4v) is 3.05. The minimum absolute atomic E-state index is 0.0214. The normalized spacial score (nSPS) is 13.6. The summed E-state index contributed by atoms with van der Waals surface area (Å²) in [6, 6.07) is 9.57. The Labute approximate surface area is 147 Å². The van der Waals surface area contributed by atoms with Gasteiger partial charge in [0.25, 0.3) is 5.91 Å². The van der Waals surface area contributed by atoms with Crippen molar-refractivity contribution in [3.8, 4) is 5.75 Å². The Kier molecular flexibility index (Phi) is 5.28. The van der Waals surface area contributed by atoms with Crippen LogP contribution in [0.4, 0.5) is 13.8 Å². The number of thiophene rings is 1. The van der Waals surface area contributed by atoms with E-state index in [1.165, 1.54) is 17.4 Å². The highest BCUT2D eigenvalue weighted by Gasteiger charge is 2.29. The van der Waals surface area contributed by atoms with Crippen LogP contribution < -0.4 is 15.4 Å². The molecule has 1 aromatic heterocycles. The molecule has 132 valence electrons. The molecule has 3 rings (SSSR count). The van der Waals surface area contributed by atoms with E-state index in [1.54, 1.807) is 30.3 Å². The second-order valence-electron chi connectivity index (χ2n) is 5.60. The van der Waals surface area contributed by atoms with E-state index >= 15 is 0 Å². The van der Waals surface area contributed by atoms with Crippen LogP contribution in [0.1, 0.15) is 28.1 Å². The van der Waals surface area contributed by atoms with Gasteiger partial charge in [0.15, 0.2) is 0 Å². The largest absolute Gasteiger partial charge is 0.434 e. The van der Waals surface area contributed by atoms with Crippen LogP contribution in [0, 0.1) is 5.92 Å². The molecule has 0 spiro atoms. The molecule has 8 heteroatoms. The first-order valence-corrected chi connectivity index (χ1v) is 8.56. The predicted octanol–water partition coefficient (Wildman–Crippen LogP) is 3.63. The molecular formula is C17H16F2N2O3S. The fourth-order valence-electron chi connectivity index (χ4n) is 2.22. The summed E-state index contributed by atoms with van der Waals surface area (Å²) in [7, 11) is 0. The van der Waals surface area contributed by atoms with E-state index < -0.39 is 6.61 Å². The van der Waals surface area contributed by atoms with Crippen molar-refractivity contribution in [1.82, 2.24) is 5.32 Å². The molecule has 2 N–H and O–H groups in total. The summed E-state index contributed by atoms with van der Waals surface area (Å²) in [4.78, 5) is 24.3. The van der Waals surface area contributed by atoms with Gasteiger partial charge in [-0.25, -0.2) is 0 Å². The van der Waals surface area contributed by atoms with Crippen LogP contribution >= 0.6 is 11.3 Å². The van der Waals surface area contributed by atoms with Gasteiger partial charge in [-0.2, -0.15) is 8.78 Å². The highest BCUT2D eigenvalue weighted by Crippen LogP contribution is 2.31. The first kappa shape index (κ1) is 17.3. The van der Waals surface area contributed by atoms with Crippen molar-refractivity contribution >= 4 is 28.2 Å². The highest BCUT2D eigenvalue weighted by molar-refractivity contribution is 7.18. The molecule has 1 aliphatic carbocycles. The van der Waals surface area contributed by atoms with Gasteiger partial charge in [-0.1, -0.05) is 18.2 Å². The number of hydrogen-bond acceptors (Lipinski definition) is 4. The summed E-state index contributed by atoms with van der Waals surface area (Å²) >= 11 is 1.17. The zero-order chi connectivity index (χ0) is 17.8. The molecule has 0 unspecified atom stereocenters. The van der Waals surface area contributed by atoms with E-state index in [2.05, 4.69) is 15.4 Å². The minimum Gasteiger partial charge on any atom is -0.434 e. The van der Waals surface area contributed by atoms with Crippen LogP contribution in [-0.4, -0.2) is 18.4 Å². The molecule has 1 aromatic carbocycles. The predicted molar refractivity (Wildman–Crippen MR) is 89.9 cm³/mol. The van der Waals surface area contributed by atoms with Gasteiger partial charge in [-0.3, -0.25) is 9.59 Å². The van der Waals surface area contributed by atoms with Crippen LogP contribution in [0.15, 0.2) is 36.4 Å². The van der Waals surface area contributed by atoms with Crippen LogP contribution in [0.3, 0.4) is 0 Å². The van der Waals surface area contributed by atoms with Gasteiger partial charge in [0.1, 0.15) is 5.75 Å². The SMILES string of the molecule is O=C(NCc1ccccc1OC(F)F)c1ccc(NC(=O)C2CC2)s1. The molecule has 1 heterocycles. The molecule has 0 bridgehead atoms. The van der Waals surface area contributed by atoms with Gasteiger partial charge in [0, 0.05) is 18.0 Å². The van der Waals surface area contributed by atoms with Gasteiger partial charge >= 0.3 is 6.61 Å². The van der Waals surface area contributed by atoms with Gasteiger partial charge in [-0.05, 0) is 31.0 Å². The Morgan fingerprint density at radius 2 is 1.96 bits per heavy atom. The quantitative estimate of drug-likeness (QED) is 0.786. The van der Waals surface area contributed by atoms with Gasteiger partial charge in [0.05, 0.1) is 9.88 Å². The van der Waals surface area contributed by atoms with Crippen LogP contribution in [-0.2, 0) is 11.3 Å². The molecule has 2 aromatic rings. The first-order chi connectivity index (χ1) is 12.0. The number of nitrogens with one attached hydrogen (secondary N) is 2. The Morgan fingerprint density at radius 1 is 1.20 bits per heavy atom. The summed E-state index contributed by atoms with van der Waals surface area (Å²) < 4.78 is 29.2. The standard InChI is InChI=1S/C17H16F2N2O3S/c18-17(19)24-12-4-2-1-3-11(12)9-20-16(23)13-7-8-14(25-13)21-15(22)10-5-6-10/h1-4,7-8,10,17H,5-6,9H2,(H,20,23)(H,21,22). The monoisotopic (exact) mass is 366 g/mol. The average Bonchev–Trinajstić information content (AvgIpc) is 3.33. The number of benzene rings is 1. The lowest BCUT2D eigenvalue weighted by atomic mass is 10.2. The zero-order valence-electron chi connectivity index (χ0n) is 13.1. The van der Waals surface area contributed by atoms with Crippen molar-refractivity contribution in [2.75, 3.05) is 5.32 Å². The fraction of sp³-hybridized carbons (Fsp3) is 0.294. The van der Waals surface area contributed by atoms with Crippen molar-refractivity contribution in [3.63, 3.8) is 0 Å². The number of para-hydroxylation sites is 1. The molecule has 5 nitrogen and oxygen atoms in total. The van der Waals surface area contributed by atoms with Crippen molar-refractivity contribution < 1.29 is 23.1 Å². The lowest BCUT2D eigenvalue weighted by Crippen LogP contribution is -2.22. The Morgan fingerprint density at radius 3 is 2.68 bits per heavy atom. The number of anilines is 1. The topological polar surface area (TPSA) is 67.4 Å². The maximum atomic E-state index is 12.4.